The van der Waals surface area contributed by atoms with Crippen molar-refractivity contribution in [2.24, 2.45) is 0 Å². The fourth-order valence-electron chi connectivity index (χ4n) is 4.69. The zero-order valence-electron chi connectivity index (χ0n) is 21.6. The fraction of sp³-hybridized carbons (Fsp3) is 0.464. The summed E-state index contributed by atoms with van der Waals surface area (Å²) in [6.45, 7) is 11.9. The SMILES string of the molecule is CC(C)N1CCCc2cc(C=O)sc2-c2ccc(n2C(=O)OC(C)(C)C)-c2sc(C=O)cc2CCC1. The van der Waals surface area contributed by atoms with Gasteiger partial charge in [-0.15, -0.1) is 22.7 Å². The third kappa shape index (κ3) is 5.71. The van der Waals surface area contributed by atoms with Crippen LogP contribution in [0.5, 0.6) is 0 Å². The van der Waals surface area contributed by atoms with Crippen molar-refractivity contribution in [2.45, 2.75) is 71.9 Å². The molecular formula is C28H34N2O4S2. The van der Waals surface area contributed by atoms with E-state index >= 15 is 0 Å². The van der Waals surface area contributed by atoms with Crippen molar-refractivity contribution < 1.29 is 19.1 Å². The van der Waals surface area contributed by atoms with Crippen molar-refractivity contribution in [3.8, 4) is 21.1 Å². The highest BCUT2D eigenvalue weighted by molar-refractivity contribution is 7.17. The monoisotopic (exact) mass is 526 g/mol. The predicted octanol–water partition coefficient (Wildman–Crippen LogP) is 6.94. The van der Waals surface area contributed by atoms with Crippen LogP contribution >= 0.6 is 22.7 Å². The molecule has 4 heterocycles. The minimum atomic E-state index is -0.671. The van der Waals surface area contributed by atoms with Crippen LogP contribution in [0.4, 0.5) is 4.79 Å². The Labute approximate surface area is 220 Å². The van der Waals surface area contributed by atoms with Crippen molar-refractivity contribution in [3.05, 3.63) is 45.1 Å². The molecule has 0 amide bonds. The zero-order valence-corrected chi connectivity index (χ0v) is 23.3. The van der Waals surface area contributed by atoms with E-state index in [0.29, 0.717) is 15.8 Å². The van der Waals surface area contributed by atoms with Crippen LogP contribution in [-0.4, -0.2) is 52.9 Å². The lowest BCUT2D eigenvalue weighted by Crippen LogP contribution is -2.33. The van der Waals surface area contributed by atoms with Crippen molar-refractivity contribution in [2.75, 3.05) is 13.1 Å². The Morgan fingerprint density at radius 2 is 1.39 bits per heavy atom. The molecule has 0 spiro atoms. The summed E-state index contributed by atoms with van der Waals surface area (Å²) in [4.78, 5) is 42.6. The molecule has 4 rings (SSSR count). The van der Waals surface area contributed by atoms with Crippen molar-refractivity contribution in [1.29, 1.82) is 0 Å². The zero-order chi connectivity index (χ0) is 26.0. The number of thiophene rings is 2. The highest BCUT2D eigenvalue weighted by Crippen LogP contribution is 2.40. The highest BCUT2D eigenvalue weighted by atomic mass is 32.1. The third-order valence-corrected chi connectivity index (χ3v) is 8.57. The number of fused-ring (bicyclic) bond motifs is 6. The molecule has 2 bridgehead atoms. The molecular weight excluding hydrogens is 492 g/mol. The largest absolute Gasteiger partial charge is 0.443 e. The molecule has 3 aromatic heterocycles. The second-order valence-electron chi connectivity index (χ2n) is 10.5. The van der Waals surface area contributed by atoms with E-state index in [1.165, 1.54) is 22.7 Å². The number of rotatable bonds is 3. The summed E-state index contributed by atoms with van der Waals surface area (Å²) in [5.41, 5.74) is 2.90. The maximum absolute atomic E-state index is 13.6. The number of nitrogens with zero attached hydrogens (tertiary/aromatic N) is 2. The number of hydrogen-bond acceptors (Lipinski definition) is 7. The minimum absolute atomic E-state index is 0.433. The molecule has 8 heteroatoms. The molecule has 6 nitrogen and oxygen atoms in total. The third-order valence-electron chi connectivity index (χ3n) is 6.32. The summed E-state index contributed by atoms with van der Waals surface area (Å²) < 4.78 is 7.46. The molecule has 192 valence electrons. The van der Waals surface area contributed by atoms with Gasteiger partial charge in [0, 0.05) is 6.04 Å². The van der Waals surface area contributed by atoms with E-state index in [1.807, 2.05) is 45.0 Å². The second kappa shape index (κ2) is 10.8. The van der Waals surface area contributed by atoms with E-state index in [4.69, 9.17) is 4.74 Å². The van der Waals surface area contributed by atoms with Gasteiger partial charge in [-0.2, -0.15) is 0 Å². The van der Waals surface area contributed by atoms with E-state index in [-0.39, 0.29) is 0 Å². The molecule has 0 fully saturated rings. The van der Waals surface area contributed by atoms with Crippen LogP contribution in [0.25, 0.3) is 21.1 Å². The molecule has 0 radical (unpaired) electrons. The number of carbonyl (C=O) groups is 3. The summed E-state index contributed by atoms with van der Waals surface area (Å²) in [5, 5.41) is 0. The number of hydrogen-bond donors (Lipinski definition) is 0. The van der Waals surface area contributed by atoms with Gasteiger partial charge in [0.15, 0.2) is 12.6 Å². The van der Waals surface area contributed by atoms with Crippen molar-refractivity contribution >= 4 is 41.3 Å². The number of carbonyl (C=O) groups excluding carboxylic acids is 3. The van der Waals surface area contributed by atoms with Gasteiger partial charge >= 0.3 is 6.09 Å². The summed E-state index contributed by atoms with van der Waals surface area (Å²) in [6, 6.07) is 8.21. The standard InChI is InChI=1S/C28H34N2O4S2/c1-18(2)29-12-6-8-19-14-21(16-31)35-25(19)23-10-11-24(30(23)27(33)34-28(3,4)5)26-20(9-7-13-29)15-22(17-32)36-26/h10-11,14-18H,6-9,12-13H2,1-5H3. The van der Waals surface area contributed by atoms with E-state index in [2.05, 4.69) is 18.7 Å². The normalized spacial score (nSPS) is 15.2. The molecule has 1 aliphatic heterocycles. The lowest BCUT2D eigenvalue weighted by atomic mass is 10.1. The van der Waals surface area contributed by atoms with Gasteiger partial charge in [0.2, 0.25) is 0 Å². The van der Waals surface area contributed by atoms with Crippen LogP contribution in [0.3, 0.4) is 0 Å². The van der Waals surface area contributed by atoms with Gasteiger partial charge in [-0.3, -0.25) is 9.59 Å². The van der Waals surface area contributed by atoms with Crippen LogP contribution in [0, 0.1) is 0 Å². The molecule has 0 N–H and O–H groups in total. The number of aldehydes is 2. The lowest BCUT2D eigenvalue weighted by Gasteiger charge is -2.27. The highest BCUT2D eigenvalue weighted by Gasteiger charge is 2.28. The van der Waals surface area contributed by atoms with E-state index < -0.39 is 11.7 Å². The van der Waals surface area contributed by atoms with E-state index in [1.54, 1.807) is 4.57 Å². The van der Waals surface area contributed by atoms with Crippen molar-refractivity contribution in [3.63, 3.8) is 0 Å². The second-order valence-corrected chi connectivity index (χ2v) is 12.7. The fourth-order valence-corrected chi connectivity index (χ4v) is 6.77. The Hall–Kier alpha value is -2.55. The average Bonchev–Trinajstić information content (AvgIpc) is 3.51. The maximum atomic E-state index is 13.6. The van der Waals surface area contributed by atoms with Gasteiger partial charge < -0.3 is 9.64 Å². The molecule has 0 saturated carbocycles. The van der Waals surface area contributed by atoms with E-state index in [0.717, 1.165) is 83.6 Å². The van der Waals surface area contributed by atoms with Gasteiger partial charge in [-0.1, -0.05) is 0 Å². The van der Waals surface area contributed by atoms with Gasteiger partial charge in [-0.05, 0) is 109 Å². The Bertz CT molecular complexity index is 1180. The topological polar surface area (TPSA) is 68.6 Å². The first-order valence-corrected chi connectivity index (χ1v) is 14.1. The molecule has 0 unspecified atom stereocenters. The summed E-state index contributed by atoms with van der Waals surface area (Å²) in [6.07, 6.45) is 4.84. The first kappa shape index (κ1) is 26.5. The first-order chi connectivity index (χ1) is 17.1. The first-order valence-electron chi connectivity index (χ1n) is 12.5. The predicted molar refractivity (Wildman–Crippen MR) is 147 cm³/mol. The van der Waals surface area contributed by atoms with E-state index in [9.17, 15) is 14.4 Å². The molecule has 1 aliphatic rings. The molecule has 0 aromatic carbocycles. The van der Waals surface area contributed by atoms with Crippen LogP contribution in [0.1, 0.15) is 77.9 Å². The van der Waals surface area contributed by atoms with Crippen molar-refractivity contribution in [1.82, 2.24) is 9.47 Å². The minimum Gasteiger partial charge on any atom is -0.443 e. The lowest BCUT2D eigenvalue weighted by molar-refractivity contribution is 0.0543. The molecule has 0 atom stereocenters. The summed E-state index contributed by atoms with van der Waals surface area (Å²) in [7, 11) is 0. The van der Waals surface area contributed by atoms with Gasteiger partial charge in [-0.25, -0.2) is 9.36 Å². The number of aromatic nitrogens is 1. The number of aryl methyl sites for hydroxylation is 2. The molecule has 3 aromatic rings. The van der Waals surface area contributed by atoms with Crippen LogP contribution in [-0.2, 0) is 17.6 Å². The Kier molecular flexibility index (Phi) is 7.97. The Morgan fingerprint density at radius 3 is 1.78 bits per heavy atom. The summed E-state index contributed by atoms with van der Waals surface area (Å²) in [5.74, 6) is 0. The van der Waals surface area contributed by atoms with Gasteiger partial charge in [0.1, 0.15) is 5.60 Å². The quantitative estimate of drug-likeness (QED) is 0.346. The maximum Gasteiger partial charge on any atom is 0.419 e. The molecule has 36 heavy (non-hydrogen) atoms. The summed E-state index contributed by atoms with van der Waals surface area (Å²) >= 11 is 2.81. The van der Waals surface area contributed by atoms with Crippen LogP contribution in [0.15, 0.2) is 24.3 Å². The molecule has 0 aliphatic carbocycles. The Balaban J connectivity index is 1.92. The smallest absolute Gasteiger partial charge is 0.419 e. The van der Waals surface area contributed by atoms with Crippen LogP contribution < -0.4 is 0 Å². The Morgan fingerprint density at radius 1 is 0.917 bits per heavy atom. The molecule has 0 saturated heterocycles. The number of ether oxygens (including phenoxy) is 1. The average molecular weight is 527 g/mol. The van der Waals surface area contributed by atoms with Gasteiger partial charge in [0.25, 0.3) is 0 Å². The van der Waals surface area contributed by atoms with Gasteiger partial charge in [0.05, 0.1) is 30.9 Å². The van der Waals surface area contributed by atoms with Crippen LogP contribution in [0.2, 0.25) is 0 Å².